The van der Waals surface area contributed by atoms with Crippen molar-refractivity contribution in [2.45, 2.75) is 69.1 Å². The highest BCUT2D eigenvalue weighted by Crippen LogP contribution is 2.38. The normalized spacial score (nSPS) is 15.1. The van der Waals surface area contributed by atoms with Crippen LogP contribution in [0.1, 0.15) is 73.8 Å². The maximum atomic E-state index is 13.2. The van der Waals surface area contributed by atoms with E-state index in [1.54, 1.807) is 30.3 Å². The maximum Gasteiger partial charge on any atom is 0.343 e. The maximum absolute atomic E-state index is 13.2. The van der Waals surface area contributed by atoms with Gasteiger partial charge in [0.05, 0.1) is 17.3 Å². The van der Waals surface area contributed by atoms with Gasteiger partial charge < -0.3 is 9.52 Å². The molecule has 4 aromatic rings. The summed E-state index contributed by atoms with van der Waals surface area (Å²) < 4.78 is 43.2. The third kappa shape index (κ3) is 5.13. The molecule has 1 aliphatic carbocycles. The second-order valence-corrected chi connectivity index (χ2v) is 11.6. The number of nitrogens with one attached hydrogen (secondary N) is 1. The molecule has 1 unspecified atom stereocenters. The Morgan fingerprint density at radius 3 is 2.68 bits per heavy atom. The Bertz CT molecular complexity index is 1590. The fourth-order valence-corrected chi connectivity index (χ4v) is 6.94. The molecule has 0 radical (unpaired) electrons. The van der Waals surface area contributed by atoms with Crippen LogP contribution in [0.5, 0.6) is 5.75 Å². The summed E-state index contributed by atoms with van der Waals surface area (Å²) in [5, 5.41) is 11.3. The number of benzene rings is 2. The zero-order chi connectivity index (χ0) is 26.0. The third-order valence-electron chi connectivity index (χ3n) is 6.90. The van der Waals surface area contributed by atoms with E-state index >= 15 is 0 Å². The molecule has 0 saturated carbocycles. The third-order valence-corrected chi connectivity index (χ3v) is 8.85. The summed E-state index contributed by atoms with van der Waals surface area (Å²) in [6.07, 6.45) is 6.71. The molecule has 194 valence electrons. The minimum absolute atomic E-state index is 0.0280. The van der Waals surface area contributed by atoms with Gasteiger partial charge in [-0.1, -0.05) is 44.4 Å². The van der Waals surface area contributed by atoms with Crippen LogP contribution in [0, 0.1) is 0 Å². The van der Waals surface area contributed by atoms with Crippen molar-refractivity contribution in [1.82, 2.24) is 8.75 Å². The van der Waals surface area contributed by atoms with E-state index in [0.717, 1.165) is 55.0 Å². The van der Waals surface area contributed by atoms with Gasteiger partial charge in [-0.3, -0.25) is 4.72 Å². The lowest BCUT2D eigenvalue weighted by Gasteiger charge is -2.21. The molecular weight excluding hydrogens is 510 g/mol. The Hall–Kier alpha value is -3.24. The molecular formula is C27H29N3O5S2. The quantitative estimate of drug-likeness (QED) is 0.307. The molecule has 0 spiro atoms. The lowest BCUT2D eigenvalue weighted by molar-refractivity contribution is 0.383. The number of anilines is 1. The molecule has 0 aliphatic heterocycles. The zero-order valence-electron chi connectivity index (χ0n) is 20.6. The molecule has 2 heterocycles. The number of aryl methyl sites for hydroxylation is 1. The predicted molar refractivity (Wildman–Crippen MR) is 144 cm³/mol. The molecule has 1 aliphatic rings. The summed E-state index contributed by atoms with van der Waals surface area (Å²) in [6, 6.07) is 11.8. The van der Waals surface area contributed by atoms with E-state index in [0.29, 0.717) is 41.7 Å². The Morgan fingerprint density at radius 1 is 1.08 bits per heavy atom. The lowest BCUT2D eigenvalue weighted by Crippen LogP contribution is -2.18. The van der Waals surface area contributed by atoms with Crippen LogP contribution in [0.2, 0.25) is 0 Å². The first-order chi connectivity index (χ1) is 17.9. The Labute approximate surface area is 219 Å². The Balaban J connectivity index is 1.52. The topological polar surface area (TPSA) is 122 Å². The standard InChI is InChI=1S/C27H29N3O5S2/c1-2-9-19(24-26(31)20-12-5-3-4-6-14-22(20)35-27(24)32)17-10-7-11-18(16-17)30-37(33,34)23-15-8-13-21-25(23)29-36-28-21/h7-8,10-11,13,15-16,19,30-31H,2-6,9,12,14H2,1H3. The molecule has 0 fully saturated rings. The van der Waals surface area contributed by atoms with Gasteiger partial charge in [-0.15, -0.1) is 0 Å². The van der Waals surface area contributed by atoms with Gasteiger partial charge in [0.1, 0.15) is 27.4 Å². The van der Waals surface area contributed by atoms with Crippen molar-refractivity contribution in [1.29, 1.82) is 0 Å². The van der Waals surface area contributed by atoms with E-state index in [1.807, 2.05) is 13.0 Å². The molecule has 0 amide bonds. The van der Waals surface area contributed by atoms with Crippen molar-refractivity contribution in [3.8, 4) is 5.75 Å². The number of fused-ring (bicyclic) bond motifs is 2. The highest BCUT2D eigenvalue weighted by Gasteiger charge is 2.27. The van der Waals surface area contributed by atoms with Gasteiger partial charge >= 0.3 is 5.63 Å². The van der Waals surface area contributed by atoms with Crippen LogP contribution in [0.3, 0.4) is 0 Å². The van der Waals surface area contributed by atoms with Crippen LogP contribution in [0.4, 0.5) is 5.69 Å². The van der Waals surface area contributed by atoms with Gasteiger partial charge in [0.2, 0.25) is 0 Å². The summed E-state index contributed by atoms with van der Waals surface area (Å²) in [5.41, 5.74) is 2.38. The van der Waals surface area contributed by atoms with Crippen molar-refractivity contribution in [2.75, 3.05) is 4.72 Å². The minimum Gasteiger partial charge on any atom is -0.507 e. The van der Waals surface area contributed by atoms with Gasteiger partial charge in [0, 0.05) is 23.6 Å². The van der Waals surface area contributed by atoms with Crippen molar-refractivity contribution >= 4 is 38.5 Å². The molecule has 37 heavy (non-hydrogen) atoms. The average molecular weight is 540 g/mol. The van der Waals surface area contributed by atoms with E-state index in [9.17, 15) is 18.3 Å². The van der Waals surface area contributed by atoms with E-state index < -0.39 is 21.6 Å². The number of sulfonamides is 1. The van der Waals surface area contributed by atoms with Gasteiger partial charge in [-0.05, 0) is 55.5 Å². The second kappa shape index (κ2) is 10.6. The van der Waals surface area contributed by atoms with Crippen molar-refractivity contribution < 1.29 is 17.9 Å². The molecule has 2 aromatic heterocycles. The summed E-state index contributed by atoms with van der Waals surface area (Å²) in [7, 11) is -3.94. The number of hydrogen-bond donors (Lipinski definition) is 2. The van der Waals surface area contributed by atoms with Gasteiger partial charge in [0.25, 0.3) is 10.0 Å². The fourth-order valence-electron chi connectivity index (χ4n) is 5.12. The molecule has 2 aromatic carbocycles. The largest absolute Gasteiger partial charge is 0.507 e. The summed E-state index contributed by atoms with van der Waals surface area (Å²) in [6.45, 7) is 2.01. The Kier molecular flexibility index (Phi) is 7.30. The molecule has 0 bridgehead atoms. The molecule has 2 N–H and O–H groups in total. The van der Waals surface area contributed by atoms with E-state index in [4.69, 9.17) is 4.42 Å². The van der Waals surface area contributed by atoms with Crippen LogP contribution in [0.25, 0.3) is 11.0 Å². The summed E-state index contributed by atoms with van der Waals surface area (Å²) in [4.78, 5) is 13.2. The van der Waals surface area contributed by atoms with Crippen LogP contribution < -0.4 is 10.3 Å². The Morgan fingerprint density at radius 2 is 1.86 bits per heavy atom. The van der Waals surface area contributed by atoms with Gasteiger partial charge in [-0.2, -0.15) is 8.75 Å². The first kappa shape index (κ1) is 25.4. The monoisotopic (exact) mass is 539 g/mol. The first-order valence-electron chi connectivity index (χ1n) is 12.6. The highest BCUT2D eigenvalue weighted by molar-refractivity contribution is 7.93. The predicted octanol–water partition coefficient (Wildman–Crippen LogP) is 5.74. The van der Waals surface area contributed by atoms with Gasteiger partial charge in [-0.25, -0.2) is 13.2 Å². The van der Waals surface area contributed by atoms with Crippen LogP contribution in [0.15, 0.2) is 56.6 Å². The number of aromatic hydroxyl groups is 1. The molecule has 10 heteroatoms. The number of aromatic nitrogens is 2. The van der Waals surface area contributed by atoms with Crippen LogP contribution >= 0.6 is 11.7 Å². The van der Waals surface area contributed by atoms with E-state index in [1.165, 1.54) is 6.07 Å². The zero-order valence-corrected chi connectivity index (χ0v) is 22.2. The SMILES string of the molecule is CCCC(c1cccc(NS(=O)(=O)c2cccc3nsnc23)c1)c1c(O)c2c(oc1=O)CCCCCC2. The van der Waals surface area contributed by atoms with E-state index in [-0.39, 0.29) is 16.2 Å². The average Bonchev–Trinajstić information content (AvgIpc) is 3.33. The molecule has 5 rings (SSSR count). The molecule has 0 saturated heterocycles. The lowest BCUT2D eigenvalue weighted by atomic mass is 9.85. The summed E-state index contributed by atoms with van der Waals surface area (Å²) >= 11 is 0.959. The minimum atomic E-state index is -3.94. The molecule has 1 atom stereocenters. The number of nitrogens with zero attached hydrogens (tertiary/aromatic N) is 2. The van der Waals surface area contributed by atoms with Crippen molar-refractivity contribution in [3.05, 3.63) is 75.3 Å². The van der Waals surface area contributed by atoms with E-state index in [2.05, 4.69) is 13.5 Å². The van der Waals surface area contributed by atoms with Crippen LogP contribution in [-0.4, -0.2) is 22.3 Å². The summed E-state index contributed by atoms with van der Waals surface area (Å²) in [5.74, 6) is 0.182. The second-order valence-electron chi connectivity index (χ2n) is 9.43. The smallest absolute Gasteiger partial charge is 0.343 e. The number of rotatable bonds is 7. The van der Waals surface area contributed by atoms with Crippen molar-refractivity contribution in [3.63, 3.8) is 0 Å². The number of hydrogen-bond acceptors (Lipinski definition) is 8. The van der Waals surface area contributed by atoms with Crippen molar-refractivity contribution in [2.24, 2.45) is 0 Å². The van der Waals surface area contributed by atoms with Crippen LogP contribution in [-0.2, 0) is 22.9 Å². The van der Waals surface area contributed by atoms with Gasteiger partial charge in [0.15, 0.2) is 0 Å². The first-order valence-corrected chi connectivity index (χ1v) is 14.8. The molecule has 8 nitrogen and oxygen atoms in total. The fraction of sp³-hybridized carbons (Fsp3) is 0.370. The highest BCUT2D eigenvalue weighted by atomic mass is 32.2.